The first kappa shape index (κ1) is 18.9. The molecule has 1 N–H and O–H groups in total. The van der Waals surface area contributed by atoms with Gasteiger partial charge >= 0.3 is 0 Å². The number of likely N-dealkylation sites (tertiary alicyclic amines) is 1. The van der Waals surface area contributed by atoms with Crippen molar-refractivity contribution in [2.75, 3.05) is 26.2 Å². The average molecular weight is 376 g/mol. The summed E-state index contributed by atoms with van der Waals surface area (Å²) in [6, 6.07) is 19.7. The van der Waals surface area contributed by atoms with Gasteiger partial charge in [-0.1, -0.05) is 48.5 Å². The highest BCUT2D eigenvalue weighted by Crippen LogP contribution is 2.28. The van der Waals surface area contributed by atoms with E-state index in [1.54, 1.807) is 4.90 Å². The number of piperidine rings is 1. The van der Waals surface area contributed by atoms with Gasteiger partial charge in [0, 0.05) is 18.7 Å². The molecule has 1 heterocycles. The fourth-order valence-corrected chi connectivity index (χ4v) is 4.86. The number of carbonyl (C=O) groups excluding carboxylic acids is 1. The Balaban J connectivity index is 1.64. The summed E-state index contributed by atoms with van der Waals surface area (Å²) in [5.74, 6) is 0.523. The van der Waals surface area contributed by atoms with E-state index in [0.717, 1.165) is 45.6 Å². The van der Waals surface area contributed by atoms with Gasteiger partial charge in [0.05, 0.1) is 19.0 Å². The lowest BCUT2D eigenvalue weighted by molar-refractivity contribution is -0.920. The Labute approximate surface area is 167 Å². The van der Waals surface area contributed by atoms with E-state index in [-0.39, 0.29) is 5.92 Å². The molecule has 0 aliphatic carbocycles. The molecule has 1 aliphatic rings. The third kappa shape index (κ3) is 3.64. The van der Waals surface area contributed by atoms with Gasteiger partial charge in [-0.15, -0.1) is 0 Å². The molecule has 0 aromatic heterocycles. The Bertz CT molecular complexity index is 923. The van der Waals surface area contributed by atoms with Gasteiger partial charge in [0.2, 0.25) is 5.91 Å². The summed E-state index contributed by atoms with van der Waals surface area (Å²) in [6.45, 7) is 8.88. The molecule has 146 valence electrons. The van der Waals surface area contributed by atoms with Crippen LogP contribution >= 0.6 is 0 Å². The van der Waals surface area contributed by atoms with Crippen LogP contribution in [-0.4, -0.2) is 37.0 Å². The smallest absolute Gasteiger partial charge is 0.231 e. The van der Waals surface area contributed by atoms with Crippen molar-refractivity contribution in [3.05, 3.63) is 60.2 Å². The van der Waals surface area contributed by atoms with E-state index in [2.05, 4.69) is 68.4 Å². The van der Waals surface area contributed by atoms with Crippen LogP contribution < -0.4 is 4.90 Å². The predicted octanol–water partition coefficient (Wildman–Crippen LogP) is 3.66. The second kappa shape index (κ2) is 8.32. The molecular weight excluding hydrogens is 344 g/mol. The number of rotatable bonds is 5. The lowest BCUT2D eigenvalue weighted by atomic mass is 9.93. The van der Waals surface area contributed by atoms with Crippen molar-refractivity contribution in [2.24, 2.45) is 5.92 Å². The van der Waals surface area contributed by atoms with Crippen molar-refractivity contribution in [3.63, 3.8) is 0 Å². The standard InChI is InChI=1S/C25H30N2O/c1-3-27(4-2)25(28)21-12-9-15-26(17-21)18-24-22-13-7-5-10-19(22)16-20-11-6-8-14-23(20)24/h5-8,10-11,13-14,16,21H,3-4,9,12,15,17-18H2,1-2H3/p+1/t21-/m1/s1. The highest BCUT2D eigenvalue weighted by atomic mass is 16.2. The summed E-state index contributed by atoms with van der Waals surface area (Å²) in [5.41, 5.74) is 1.43. The van der Waals surface area contributed by atoms with Gasteiger partial charge < -0.3 is 9.80 Å². The van der Waals surface area contributed by atoms with Crippen LogP contribution in [0.1, 0.15) is 32.3 Å². The van der Waals surface area contributed by atoms with E-state index in [4.69, 9.17) is 0 Å². The minimum absolute atomic E-state index is 0.171. The number of nitrogens with one attached hydrogen (secondary N) is 1. The summed E-state index contributed by atoms with van der Waals surface area (Å²) in [6.07, 6.45) is 2.17. The molecule has 1 saturated heterocycles. The molecule has 0 radical (unpaired) electrons. The number of fused-ring (bicyclic) bond motifs is 2. The van der Waals surface area contributed by atoms with E-state index >= 15 is 0 Å². The maximum Gasteiger partial charge on any atom is 0.231 e. The zero-order valence-corrected chi connectivity index (χ0v) is 17.1. The predicted molar refractivity (Wildman–Crippen MR) is 117 cm³/mol. The van der Waals surface area contributed by atoms with Crippen molar-refractivity contribution in [1.82, 2.24) is 4.90 Å². The molecular formula is C25H31N2O+. The second-order valence-electron chi connectivity index (χ2n) is 8.03. The zero-order valence-electron chi connectivity index (χ0n) is 17.1. The molecule has 3 heteroatoms. The Morgan fingerprint density at radius 3 is 2.21 bits per heavy atom. The van der Waals surface area contributed by atoms with E-state index in [9.17, 15) is 4.79 Å². The summed E-state index contributed by atoms with van der Waals surface area (Å²) in [4.78, 5) is 16.4. The molecule has 28 heavy (non-hydrogen) atoms. The monoisotopic (exact) mass is 375 g/mol. The van der Waals surface area contributed by atoms with E-state index in [0.29, 0.717) is 5.91 Å². The number of quaternary nitrogens is 1. The Morgan fingerprint density at radius 1 is 1.00 bits per heavy atom. The molecule has 3 aromatic rings. The van der Waals surface area contributed by atoms with E-state index in [1.807, 2.05) is 4.90 Å². The number of nitrogens with zero attached hydrogens (tertiary/aromatic N) is 1. The van der Waals surface area contributed by atoms with Gasteiger partial charge in [0.1, 0.15) is 6.54 Å². The first-order valence-corrected chi connectivity index (χ1v) is 10.7. The van der Waals surface area contributed by atoms with E-state index in [1.165, 1.54) is 27.1 Å². The van der Waals surface area contributed by atoms with Crippen molar-refractivity contribution >= 4 is 27.5 Å². The highest BCUT2D eigenvalue weighted by Gasteiger charge is 2.31. The second-order valence-corrected chi connectivity index (χ2v) is 8.03. The lowest BCUT2D eigenvalue weighted by Crippen LogP contribution is -3.12. The first-order valence-electron chi connectivity index (χ1n) is 10.7. The SMILES string of the molecule is CCN(CC)C(=O)[C@@H]1CCC[NH+](Cc2c3ccccc3cc3ccccc23)C1. The molecule has 0 spiro atoms. The van der Waals surface area contributed by atoms with Crippen molar-refractivity contribution < 1.29 is 9.69 Å². The number of hydrogen-bond donors (Lipinski definition) is 1. The van der Waals surface area contributed by atoms with Gasteiger partial charge in [-0.05, 0) is 54.3 Å². The fourth-order valence-electron chi connectivity index (χ4n) is 4.86. The first-order chi connectivity index (χ1) is 13.7. The van der Waals surface area contributed by atoms with Crippen molar-refractivity contribution in [3.8, 4) is 0 Å². The lowest BCUT2D eigenvalue weighted by Gasteiger charge is -2.32. The third-order valence-corrected chi connectivity index (χ3v) is 6.35. The molecule has 1 fully saturated rings. The van der Waals surface area contributed by atoms with Crippen LogP contribution in [0.2, 0.25) is 0 Å². The normalized spacial score (nSPS) is 19.8. The van der Waals surface area contributed by atoms with Crippen molar-refractivity contribution in [2.45, 2.75) is 33.2 Å². The topological polar surface area (TPSA) is 24.8 Å². The summed E-state index contributed by atoms with van der Waals surface area (Å²) >= 11 is 0. The van der Waals surface area contributed by atoms with Crippen LogP contribution in [0, 0.1) is 5.92 Å². The number of hydrogen-bond acceptors (Lipinski definition) is 1. The Morgan fingerprint density at radius 2 is 1.61 bits per heavy atom. The van der Waals surface area contributed by atoms with Gasteiger partial charge in [-0.2, -0.15) is 0 Å². The molecule has 1 unspecified atom stereocenters. The van der Waals surface area contributed by atoms with Crippen LogP contribution in [0.25, 0.3) is 21.5 Å². The van der Waals surface area contributed by atoms with Crippen LogP contribution in [0.15, 0.2) is 54.6 Å². The quantitative estimate of drug-likeness (QED) is 0.677. The number of amides is 1. The maximum atomic E-state index is 12.9. The van der Waals surface area contributed by atoms with Gasteiger partial charge in [0.25, 0.3) is 0 Å². The van der Waals surface area contributed by atoms with Gasteiger partial charge in [-0.3, -0.25) is 4.79 Å². The molecule has 3 nitrogen and oxygen atoms in total. The molecule has 4 rings (SSSR count). The molecule has 1 aliphatic heterocycles. The summed E-state index contributed by atoms with van der Waals surface area (Å²) in [5, 5.41) is 5.32. The summed E-state index contributed by atoms with van der Waals surface area (Å²) in [7, 11) is 0. The van der Waals surface area contributed by atoms with Gasteiger partial charge in [-0.25, -0.2) is 0 Å². The minimum Gasteiger partial charge on any atom is -0.343 e. The van der Waals surface area contributed by atoms with Gasteiger partial charge in [0.15, 0.2) is 0 Å². The Kier molecular flexibility index (Phi) is 5.63. The molecule has 0 bridgehead atoms. The largest absolute Gasteiger partial charge is 0.343 e. The van der Waals surface area contributed by atoms with Crippen LogP contribution in [-0.2, 0) is 11.3 Å². The summed E-state index contributed by atoms with van der Waals surface area (Å²) < 4.78 is 0. The zero-order chi connectivity index (χ0) is 19.5. The average Bonchev–Trinajstić information content (AvgIpc) is 2.74. The van der Waals surface area contributed by atoms with Crippen LogP contribution in [0.3, 0.4) is 0 Å². The Hall–Kier alpha value is -2.39. The van der Waals surface area contributed by atoms with Crippen LogP contribution in [0.4, 0.5) is 0 Å². The number of carbonyl (C=O) groups is 1. The molecule has 1 amide bonds. The van der Waals surface area contributed by atoms with Crippen molar-refractivity contribution in [1.29, 1.82) is 0 Å². The maximum absolute atomic E-state index is 12.9. The minimum atomic E-state index is 0.171. The molecule has 0 saturated carbocycles. The third-order valence-electron chi connectivity index (χ3n) is 6.35. The fraction of sp³-hybridized carbons (Fsp3) is 0.400. The molecule has 3 aromatic carbocycles. The number of benzene rings is 3. The highest BCUT2D eigenvalue weighted by molar-refractivity contribution is 6.02. The molecule has 2 atom stereocenters. The van der Waals surface area contributed by atoms with Crippen LogP contribution in [0.5, 0.6) is 0 Å². The van der Waals surface area contributed by atoms with E-state index < -0.39 is 0 Å².